The molecule has 0 atom stereocenters. The van der Waals surface area contributed by atoms with Gasteiger partial charge >= 0.3 is 0 Å². The summed E-state index contributed by atoms with van der Waals surface area (Å²) in [5, 5.41) is 0.509. The van der Waals surface area contributed by atoms with Gasteiger partial charge in [-0.3, -0.25) is 0 Å². The molecule has 1 aromatic carbocycles. The van der Waals surface area contributed by atoms with E-state index in [1.165, 1.54) is 0 Å². The molecule has 1 aliphatic rings. The first-order chi connectivity index (χ1) is 9.86. The zero-order valence-corrected chi connectivity index (χ0v) is 14.1. The molecule has 0 amide bonds. The summed E-state index contributed by atoms with van der Waals surface area (Å²) < 4.78 is 26.9. The summed E-state index contributed by atoms with van der Waals surface area (Å²) in [6.45, 7) is 5.80. The average Bonchev–Trinajstić information content (AvgIpc) is 2.47. The van der Waals surface area contributed by atoms with E-state index >= 15 is 0 Å². The SMILES string of the molecule is CC(C)C1CCN(S(=O)(=O)c2ccc(Cl)c(CN)c2)CC1. The Morgan fingerprint density at radius 3 is 2.48 bits per heavy atom. The Bertz CT molecular complexity index is 594. The molecule has 0 radical (unpaired) electrons. The first-order valence-corrected chi connectivity index (χ1v) is 9.16. The monoisotopic (exact) mass is 330 g/mol. The van der Waals surface area contributed by atoms with Crippen LogP contribution in [0.1, 0.15) is 32.3 Å². The summed E-state index contributed by atoms with van der Waals surface area (Å²) in [5.74, 6) is 1.22. The highest BCUT2D eigenvalue weighted by atomic mass is 35.5. The summed E-state index contributed by atoms with van der Waals surface area (Å²) >= 11 is 6.00. The number of rotatable bonds is 4. The van der Waals surface area contributed by atoms with Crippen molar-refractivity contribution in [1.82, 2.24) is 4.31 Å². The maximum Gasteiger partial charge on any atom is 0.243 e. The van der Waals surface area contributed by atoms with E-state index in [1.54, 1.807) is 22.5 Å². The van der Waals surface area contributed by atoms with Crippen molar-refractivity contribution in [2.45, 2.75) is 38.1 Å². The van der Waals surface area contributed by atoms with Gasteiger partial charge in [-0.2, -0.15) is 4.31 Å². The Labute approximate surface area is 132 Å². The highest BCUT2D eigenvalue weighted by molar-refractivity contribution is 7.89. The van der Waals surface area contributed by atoms with Gasteiger partial charge in [0.1, 0.15) is 0 Å². The quantitative estimate of drug-likeness (QED) is 0.923. The standard InChI is InChI=1S/C15H23ClN2O2S/c1-11(2)12-5-7-18(8-6-12)21(19,20)14-3-4-15(16)13(9-14)10-17/h3-4,9,11-12H,5-8,10,17H2,1-2H3. The number of hydrogen-bond donors (Lipinski definition) is 1. The van der Waals surface area contributed by atoms with Crippen LogP contribution >= 0.6 is 11.6 Å². The van der Waals surface area contributed by atoms with Crippen LogP contribution in [0.25, 0.3) is 0 Å². The molecule has 1 heterocycles. The molecule has 4 nitrogen and oxygen atoms in total. The minimum atomic E-state index is -3.44. The van der Waals surface area contributed by atoms with Crippen LogP contribution in [0.2, 0.25) is 5.02 Å². The maximum absolute atomic E-state index is 12.7. The highest BCUT2D eigenvalue weighted by Crippen LogP contribution is 2.29. The lowest BCUT2D eigenvalue weighted by Gasteiger charge is -2.33. The zero-order valence-electron chi connectivity index (χ0n) is 12.5. The van der Waals surface area contributed by atoms with Gasteiger partial charge in [0.2, 0.25) is 10.0 Å². The summed E-state index contributed by atoms with van der Waals surface area (Å²) in [5.41, 5.74) is 6.26. The van der Waals surface area contributed by atoms with Crippen molar-refractivity contribution in [2.24, 2.45) is 17.6 Å². The van der Waals surface area contributed by atoms with Gasteiger partial charge in [-0.05, 0) is 48.4 Å². The molecule has 0 aromatic heterocycles. The molecule has 2 rings (SSSR count). The van der Waals surface area contributed by atoms with Crippen LogP contribution in [0.15, 0.2) is 23.1 Å². The second-order valence-electron chi connectivity index (χ2n) is 5.94. The Kier molecular flexibility index (Phi) is 5.30. The molecule has 0 spiro atoms. The smallest absolute Gasteiger partial charge is 0.243 e. The molecule has 0 saturated carbocycles. The van der Waals surface area contributed by atoms with E-state index in [4.69, 9.17) is 17.3 Å². The second kappa shape index (κ2) is 6.65. The molecule has 0 bridgehead atoms. The van der Waals surface area contributed by atoms with Gasteiger partial charge in [-0.15, -0.1) is 0 Å². The van der Waals surface area contributed by atoms with Crippen molar-refractivity contribution in [3.8, 4) is 0 Å². The fourth-order valence-electron chi connectivity index (χ4n) is 2.80. The molecular formula is C15H23ClN2O2S. The number of nitrogens with two attached hydrogens (primary N) is 1. The van der Waals surface area contributed by atoms with Crippen LogP contribution in [-0.2, 0) is 16.6 Å². The highest BCUT2D eigenvalue weighted by Gasteiger charge is 2.30. The molecule has 21 heavy (non-hydrogen) atoms. The maximum atomic E-state index is 12.7. The molecule has 1 aliphatic heterocycles. The second-order valence-corrected chi connectivity index (χ2v) is 8.29. The topological polar surface area (TPSA) is 63.4 Å². The molecular weight excluding hydrogens is 308 g/mol. The van der Waals surface area contributed by atoms with E-state index in [1.807, 2.05) is 0 Å². The molecule has 1 saturated heterocycles. The van der Waals surface area contributed by atoms with E-state index in [2.05, 4.69) is 13.8 Å². The Hall–Kier alpha value is -0.620. The van der Waals surface area contributed by atoms with Crippen LogP contribution < -0.4 is 5.73 Å². The van der Waals surface area contributed by atoms with Gasteiger partial charge in [0.05, 0.1) is 4.90 Å². The summed E-state index contributed by atoms with van der Waals surface area (Å²) in [7, 11) is -3.44. The van der Waals surface area contributed by atoms with Crippen LogP contribution in [0.5, 0.6) is 0 Å². The third kappa shape index (κ3) is 3.59. The number of nitrogens with zero attached hydrogens (tertiary/aromatic N) is 1. The lowest BCUT2D eigenvalue weighted by atomic mass is 9.87. The van der Waals surface area contributed by atoms with Crippen LogP contribution in [0.3, 0.4) is 0 Å². The van der Waals surface area contributed by atoms with Crippen molar-refractivity contribution in [1.29, 1.82) is 0 Å². The van der Waals surface area contributed by atoms with E-state index < -0.39 is 10.0 Å². The van der Waals surface area contributed by atoms with E-state index in [0.29, 0.717) is 35.5 Å². The molecule has 6 heteroatoms. The Morgan fingerprint density at radius 1 is 1.33 bits per heavy atom. The molecule has 118 valence electrons. The Balaban J connectivity index is 2.19. The fraction of sp³-hybridized carbons (Fsp3) is 0.600. The van der Waals surface area contributed by atoms with Gasteiger partial charge in [0, 0.05) is 24.7 Å². The minimum absolute atomic E-state index is 0.234. The van der Waals surface area contributed by atoms with Crippen molar-refractivity contribution in [3.05, 3.63) is 28.8 Å². The first-order valence-electron chi connectivity index (χ1n) is 7.35. The predicted molar refractivity (Wildman–Crippen MR) is 85.7 cm³/mol. The number of hydrogen-bond acceptors (Lipinski definition) is 3. The van der Waals surface area contributed by atoms with E-state index in [0.717, 1.165) is 12.8 Å². The third-order valence-corrected chi connectivity index (χ3v) is 6.58. The van der Waals surface area contributed by atoms with Gasteiger partial charge in [0.25, 0.3) is 0 Å². The van der Waals surface area contributed by atoms with Crippen LogP contribution in [-0.4, -0.2) is 25.8 Å². The lowest BCUT2D eigenvalue weighted by Crippen LogP contribution is -2.39. The fourth-order valence-corrected chi connectivity index (χ4v) is 4.52. The van der Waals surface area contributed by atoms with Gasteiger partial charge in [0.15, 0.2) is 0 Å². The van der Waals surface area contributed by atoms with E-state index in [-0.39, 0.29) is 11.4 Å². The minimum Gasteiger partial charge on any atom is -0.326 e. The third-order valence-electron chi connectivity index (χ3n) is 4.32. The molecule has 0 unspecified atom stereocenters. The normalized spacial score (nSPS) is 18.3. The number of sulfonamides is 1. The number of piperidine rings is 1. The Morgan fingerprint density at radius 2 is 1.95 bits per heavy atom. The summed E-state index contributed by atoms with van der Waals surface area (Å²) in [6, 6.07) is 4.76. The summed E-state index contributed by atoms with van der Waals surface area (Å²) in [4.78, 5) is 0.287. The summed E-state index contributed by atoms with van der Waals surface area (Å²) in [6.07, 6.45) is 1.85. The van der Waals surface area contributed by atoms with E-state index in [9.17, 15) is 8.42 Å². The number of halogens is 1. The van der Waals surface area contributed by atoms with Crippen molar-refractivity contribution in [2.75, 3.05) is 13.1 Å². The van der Waals surface area contributed by atoms with Crippen molar-refractivity contribution in [3.63, 3.8) is 0 Å². The largest absolute Gasteiger partial charge is 0.326 e. The molecule has 1 aromatic rings. The van der Waals surface area contributed by atoms with Gasteiger partial charge < -0.3 is 5.73 Å². The average molecular weight is 331 g/mol. The number of benzene rings is 1. The molecule has 1 fully saturated rings. The van der Waals surface area contributed by atoms with Crippen LogP contribution in [0.4, 0.5) is 0 Å². The van der Waals surface area contributed by atoms with Crippen molar-refractivity contribution >= 4 is 21.6 Å². The van der Waals surface area contributed by atoms with Gasteiger partial charge in [-0.1, -0.05) is 25.4 Å². The molecule has 0 aliphatic carbocycles. The van der Waals surface area contributed by atoms with Crippen LogP contribution in [0, 0.1) is 11.8 Å². The van der Waals surface area contributed by atoms with Crippen molar-refractivity contribution < 1.29 is 8.42 Å². The molecule has 2 N–H and O–H groups in total. The van der Waals surface area contributed by atoms with Gasteiger partial charge in [-0.25, -0.2) is 8.42 Å². The predicted octanol–water partition coefficient (Wildman–Crippen LogP) is 2.86. The zero-order chi connectivity index (χ0) is 15.6. The lowest BCUT2D eigenvalue weighted by molar-refractivity contribution is 0.226. The first kappa shape index (κ1) is 16.7.